The van der Waals surface area contributed by atoms with Crippen molar-refractivity contribution in [1.82, 2.24) is 9.88 Å². The minimum absolute atomic E-state index is 0.101. The van der Waals surface area contributed by atoms with Gasteiger partial charge in [0.05, 0.1) is 18.3 Å². The zero-order valence-electron chi connectivity index (χ0n) is 19.2. The van der Waals surface area contributed by atoms with Crippen LogP contribution in [0.4, 0.5) is 5.69 Å². The van der Waals surface area contributed by atoms with Gasteiger partial charge in [-0.2, -0.15) is 0 Å². The van der Waals surface area contributed by atoms with Gasteiger partial charge in [-0.3, -0.25) is 14.5 Å². The summed E-state index contributed by atoms with van der Waals surface area (Å²) in [7, 11) is 0. The maximum Gasteiger partial charge on any atom is 0.276 e. The SMILES string of the molecule is Cc1ccccc1N1C(=O)c2cc3occc3n2CC1(C)C(=O)NC1CCC[C@H](C)C1C. The number of aromatic nitrogens is 1. The highest BCUT2D eigenvalue weighted by Crippen LogP contribution is 2.38. The van der Waals surface area contributed by atoms with E-state index in [-0.39, 0.29) is 17.9 Å². The third-order valence-corrected chi connectivity index (χ3v) is 7.77. The Labute approximate surface area is 188 Å². The Kier molecular flexibility index (Phi) is 4.91. The van der Waals surface area contributed by atoms with Crippen LogP contribution in [0.15, 0.2) is 47.1 Å². The molecule has 6 nitrogen and oxygen atoms in total. The molecular formula is C26H31N3O3. The van der Waals surface area contributed by atoms with Crippen molar-refractivity contribution >= 4 is 28.6 Å². The quantitative estimate of drug-likeness (QED) is 0.639. The molecule has 1 aliphatic heterocycles. The molecule has 5 rings (SSSR count). The Bertz CT molecular complexity index is 1190. The number of para-hydroxylation sites is 1. The molecule has 0 spiro atoms. The van der Waals surface area contributed by atoms with Crippen LogP contribution in [0, 0.1) is 18.8 Å². The molecule has 2 amide bonds. The van der Waals surface area contributed by atoms with Crippen LogP contribution in [0.25, 0.3) is 11.1 Å². The van der Waals surface area contributed by atoms with Gasteiger partial charge in [0.2, 0.25) is 5.91 Å². The van der Waals surface area contributed by atoms with Gasteiger partial charge in [-0.15, -0.1) is 0 Å². The van der Waals surface area contributed by atoms with E-state index in [1.54, 1.807) is 17.2 Å². The van der Waals surface area contributed by atoms with E-state index in [1.165, 1.54) is 6.42 Å². The number of anilines is 1. The number of nitrogens with one attached hydrogen (secondary N) is 1. The molecule has 1 saturated carbocycles. The van der Waals surface area contributed by atoms with Crippen LogP contribution >= 0.6 is 0 Å². The van der Waals surface area contributed by atoms with Gasteiger partial charge >= 0.3 is 0 Å². The first-order valence-electron chi connectivity index (χ1n) is 11.6. The van der Waals surface area contributed by atoms with Gasteiger partial charge in [0.1, 0.15) is 11.2 Å². The second-order valence-corrected chi connectivity index (χ2v) is 9.83. The van der Waals surface area contributed by atoms with E-state index in [1.807, 2.05) is 48.7 Å². The number of fused-ring (bicyclic) bond motifs is 3. The van der Waals surface area contributed by atoms with Crippen molar-refractivity contribution in [3.63, 3.8) is 0 Å². The fourth-order valence-electron chi connectivity index (χ4n) is 5.51. The highest BCUT2D eigenvalue weighted by Gasteiger charge is 2.50. The zero-order chi connectivity index (χ0) is 22.6. The maximum atomic E-state index is 13.9. The van der Waals surface area contributed by atoms with Crippen molar-refractivity contribution in [3.05, 3.63) is 53.9 Å². The number of carbonyl (C=O) groups is 2. The molecule has 0 saturated heterocycles. The molecule has 0 bridgehead atoms. The third kappa shape index (κ3) is 3.07. The smallest absolute Gasteiger partial charge is 0.276 e. The Hall–Kier alpha value is -3.02. The van der Waals surface area contributed by atoms with Gasteiger partial charge in [0.25, 0.3) is 5.91 Å². The predicted molar refractivity (Wildman–Crippen MR) is 125 cm³/mol. The molecule has 2 aromatic heterocycles. The molecule has 1 N–H and O–H groups in total. The summed E-state index contributed by atoms with van der Waals surface area (Å²) < 4.78 is 7.50. The van der Waals surface area contributed by atoms with Crippen molar-refractivity contribution in [2.45, 2.75) is 65.1 Å². The van der Waals surface area contributed by atoms with Crippen molar-refractivity contribution in [2.24, 2.45) is 11.8 Å². The van der Waals surface area contributed by atoms with Gasteiger partial charge in [-0.05, 0) is 43.7 Å². The Morgan fingerprint density at radius 1 is 1.19 bits per heavy atom. The number of hydrogen-bond acceptors (Lipinski definition) is 3. The fourth-order valence-corrected chi connectivity index (χ4v) is 5.51. The largest absolute Gasteiger partial charge is 0.463 e. The van der Waals surface area contributed by atoms with E-state index in [0.29, 0.717) is 29.7 Å². The van der Waals surface area contributed by atoms with Gasteiger partial charge in [-0.25, -0.2) is 0 Å². The average molecular weight is 434 g/mol. The van der Waals surface area contributed by atoms with Crippen LogP contribution in [-0.4, -0.2) is 28.0 Å². The minimum atomic E-state index is -1.07. The maximum absolute atomic E-state index is 13.9. The molecule has 168 valence electrons. The molecular weight excluding hydrogens is 402 g/mol. The van der Waals surface area contributed by atoms with Crippen LogP contribution in [0.1, 0.15) is 56.1 Å². The van der Waals surface area contributed by atoms with Gasteiger partial charge in [-0.1, -0.05) is 44.9 Å². The molecule has 1 aliphatic carbocycles. The van der Waals surface area contributed by atoms with Crippen LogP contribution < -0.4 is 10.2 Å². The molecule has 4 atom stereocenters. The monoisotopic (exact) mass is 433 g/mol. The predicted octanol–water partition coefficient (Wildman–Crippen LogP) is 4.90. The van der Waals surface area contributed by atoms with Gasteiger partial charge in [0, 0.05) is 23.9 Å². The summed E-state index contributed by atoms with van der Waals surface area (Å²) in [5.74, 6) is 0.699. The summed E-state index contributed by atoms with van der Waals surface area (Å²) in [6.45, 7) is 8.72. The molecule has 3 aromatic rings. The van der Waals surface area contributed by atoms with Crippen molar-refractivity contribution in [1.29, 1.82) is 0 Å². The van der Waals surface area contributed by atoms with E-state index in [9.17, 15) is 9.59 Å². The zero-order valence-corrected chi connectivity index (χ0v) is 19.2. The Morgan fingerprint density at radius 3 is 2.75 bits per heavy atom. The van der Waals surface area contributed by atoms with E-state index in [4.69, 9.17) is 4.42 Å². The number of amides is 2. The Morgan fingerprint density at radius 2 is 1.97 bits per heavy atom. The summed E-state index contributed by atoms with van der Waals surface area (Å²) in [6, 6.07) is 11.5. The second kappa shape index (κ2) is 7.54. The molecule has 3 unspecified atom stereocenters. The third-order valence-electron chi connectivity index (χ3n) is 7.77. The summed E-state index contributed by atoms with van der Waals surface area (Å²) >= 11 is 0. The van der Waals surface area contributed by atoms with Crippen molar-refractivity contribution in [3.8, 4) is 0 Å². The number of furan rings is 1. The van der Waals surface area contributed by atoms with Crippen LogP contribution in [0.5, 0.6) is 0 Å². The second-order valence-electron chi connectivity index (χ2n) is 9.83. The van der Waals surface area contributed by atoms with E-state index in [0.717, 1.165) is 29.6 Å². The number of aryl methyl sites for hydroxylation is 1. The average Bonchev–Trinajstić information content (AvgIpc) is 3.35. The van der Waals surface area contributed by atoms with Gasteiger partial charge in [0.15, 0.2) is 5.58 Å². The number of benzene rings is 1. The molecule has 0 radical (unpaired) electrons. The molecule has 3 heterocycles. The summed E-state index contributed by atoms with van der Waals surface area (Å²) in [5.41, 5.74) is 2.72. The first-order valence-corrected chi connectivity index (χ1v) is 11.6. The van der Waals surface area contributed by atoms with E-state index in [2.05, 4.69) is 19.2 Å². The van der Waals surface area contributed by atoms with Gasteiger partial charge < -0.3 is 14.3 Å². The molecule has 2 aliphatic rings. The highest BCUT2D eigenvalue weighted by molar-refractivity contribution is 6.14. The van der Waals surface area contributed by atoms with E-state index < -0.39 is 5.54 Å². The number of carbonyl (C=O) groups excluding carboxylic acids is 2. The first kappa shape index (κ1) is 20.9. The fraction of sp³-hybridized carbons (Fsp3) is 0.462. The number of hydrogen-bond donors (Lipinski definition) is 1. The topological polar surface area (TPSA) is 67.5 Å². The van der Waals surface area contributed by atoms with E-state index >= 15 is 0 Å². The molecule has 32 heavy (non-hydrogen) atoms. The van der Waals surface area contributed by atoms with Crippen molar-refractivity contribution in [2.75, 3.05) is 4.90 Å². The normalized spacial score (nSPS) is 28.1. The van der Waals surface area contributed by atoms with Crippen LogP contribution in [0.2, 0.25) is 0 Å². The summed E-state index contributed by atoms with van der Waals surface area (Å²) in [5, 5.41) is 3.34. The van der Waals surface area contributed by atoms with Crippen LogP contribution in [0.3, 0.4) is 0 Å². The standard InChI is InChI=1S/C26H31N3O3/c1-16-9-7-10-19(18(16)3)27-25(31)26(4)15-28-21-12-13-32-23(21)14-22(28)24(30)29(26)20-11-6-5-8-17(20)2/h5-6,8,11-14,16,18-19H,7,9-10,15H2,1-4H3,(H,27,31)/t16-,18?,19?,26?/m0/s1. The minimum Gasteiger partial charge on any atom is -0.463 e. The molecule has 6 heteroatoms. The first-order chi connectivity index (χ1) is 15.3. The van der Waals surface area contributed by atoms with Crippen LogP contribution in [-0.2, 0) is 11.3 Å². The molecule has 1 aromatic carbocycles. The lowest BCUT2D eigenvalue weighted by atomic mass is 9.77. The summed E-state index contributed by atoms with van der Waals surface area (Å²) in [4.78, 5) is 29.5. The molecule has 1 fully saturated rings. The summed E-state index contributed by atoms with van der Waals surface area (Å²) in [6.07, 6.45) is 4.92. The highest BCUT2D eigenvalue weighted by atomic mass is 16.3. The lowest BCUT2D eigenvalue weighted by Gasteiger charge is -2.46. The lowest BCUT2D eigenvalue weighted by molar-refractivity contribution is -0.128. The number of nitrogens with zero attached hydrogens (tertiary/aromatic N) is 2. The van der Waals surface area contributed by atoms with Crippen molar-refractivity contribution < 1.29 is 14.0 Å². The lowest BCUT2D eigenvalue weighted by Crippen LogP contribution is -2.66. The number of rotatable bonds is 3. The Balaban J connectivity index is 1.60.